The smallest absolute Gasteiger partial charge is 0.332 e. The third-order valence-corrected chi connectivity index (χ3v) is 2.23. The molecule has 6 heteroatoms. The molecule has 2 N–H and O–H groups in total. The van der Waals surface area contributed by atoms with Crippen LogP contribution >= 0.6 is 22.6 Å². The molecule has 0 atom stereocenters. The van der Waals surface area contributed by atoms with Crippen molar-refractivity contribution in [2.75, 3.05) is 0 Å². The van der Waals surface area contributed by atoms with Crippen LogP contribution in [-0.2, 0) is 9.78 Å². The number of rotatable bonds is 1. The Hall–Kier alpha value is -1.31. The molecule has 14 heavy (non-hydrogen) atoms. The first-order valence-corrected chi connectivity index (χ1v) is 4.62. The summed E-state index contributed by atoms with van der Waals surface area (Å²) < 4.78 is 0.697. The zero-order chi connectivity index (χ0) is 10.6. The van der Waals surface area contributed by atoms with E-state index in [4.69, 9.17) is 0 Å². The Morgan fingerprint density at radius 1 is 1.21 bits per heavy atom. The van der Waals surface area contributed by atoms with E-state index in [1.807, 2.05) is 22.6 Å². The fraction of sp³-hybridized carbons (Fsp3) is 0. The summed E-state index contributed by atoms with van der Waals surface area (Å²) in [5, 5.41) is 0. The fourth-order valence-corrected chi connectivity index (χ4v) is 1.36. The van der Waals surface area contributed by atoms with Gasteiger partial charge >= 0.3 is 12.1 Å². The molecule has 0 saturated heterocycles. The minimum atomic E-state index is -1.16. The Morgan fingerprint density at radius 3 is 2.43 bits per heavy atom. The Bertz CT molecular complexity index is 366. The predicted molar refractivity (Wildman–Crippen MR) is 55.2 cm³/mol. The van der Waals surface area contributed by atoms with Crippen LogP contribution < -0.4 is 5.73 Å². The molecule has 74 valence electrons. The van der Waals surface area contributed by atoms with E-state index in [0.29, 0.717) is 9.13 Å². The van der Waals surface area contributed by atoms with E-state index in [-0.39, 0.29) is 0 Å². The summed E-state index contributed by atoms with van der Waals surface area (Å²) in [6.07, 6.45) is -1.16. The van der Waals surface area contributed by atoms with Crippen molar-refractivity contribution in [3.05, 3.63) is 33.4 Å². The van der Waals surface area contributed by atoms with Crippen molar-refractivity contribution in [1.29, 1.82) is 0 Å². The van der Waals surface area contributed by atoms with Gasteiger partial charge in [-0.2, -0.15) is 0 Å². The summed E-state index contributed by atoms with van der Waals surface area (Å²) in [6.45, 7) is 0. The number of hydrogen-bond donors (Lipinski definition) is 1. The number of primary amides is 1. The third kappa shape index (κ3) is 2.87. The van der Waals surface area contributed by atoms with Gasteiger partial charge in [-0.25, -0.2) is 19.4 Å². The topological polar surface area (TPSA) is 78.6 Å². The highest BCUT2D eigenvalue weighted by atomic mass is 127. The Morgan fingerprint density at radius 2 is 1.86 bits per heavy atom. The molecule has 0 heterocycles. The molecule has 0 aliphatic carbocycles. The number of nitrogens with two attached hydrogens (primary N) is 1. The van der Waals surface area contributed by atoms with Crippen molar-refractivity contribution in [3.63, 3.8) is 0 Å². The van der Waals surface area contributed by atoms with Gasteiger partial charge in [0, 0.05) is 3.57 Å². The lowest BCUT2D eigenvalue weighted by atomic mass is 10.2. The maximum absolute atomic E-state index is 11.2. The predicted octanol–water partition coefficient (Wildman–Crippen LogP) is 1.46. The van der Waals surface area contributed by atoms with E-state index in [1.54, 1.807) is 24.3 Å². The standard InChI is InChI=1S/C8H6INO4/c9-6-4-2-1-3-5(6)7(11)13-14-8(10)12/h1-4H,(H2,10,12). The van der Waals surface area contributed by atoms with Crippen molar-refractivity contribution in [1.82, 2.24) is 0 Å². The highest BCUT2D eigenvalue weighted by Crippen LogP contribution is 2.12. The zero-order valence-corrected chi connectivity index (χ0v) is 9.06. The van der Waals surface area contributed by atoms with E-state index in [1.165, 1.54) is 0 Å². The van der Waals surface area contributed by atoms with Crippen LogP contribution in [0.1, 0.15) is 10.4 Å². The second-order valence-corrected chi connectivity index (χ2v) is 3.42. The molecular weight excluding hydrogens is 301 g/mol. The second-order valence-electron chi connectivity index (χ2n) is 2.25. The van der Waals surface area contributed by atoms with Crippen molar-refractivity contribution < 1.29 is 19.4 Å². The van der Waals surface area contributed by atoms with Gasteiger partial charge in [0.25, 0.3) is 0 Å². The molecule has 0 unspecified atom stereocenters. The zero-order valence-electron chi connectivity index (χ0n) is 6.90. The molecule has 0 saturated carbocycles. The van der Waals surface area contributed by atoms with E-state index in [0.717, 1.165) is 0 Å². The molecule has 1 aromatic rings. The molecule has 0 radical (unpaired) electrons. The Labute approximate surface area is 93.2 Å². The van der Waals surface area contributed by atoms with Gasteiger partial charge in [0.2, 0.25) is 0 Å². The van der Waals surface area contributed by atoms with Gasteiger partial charge < -0.3 is 5.73 Å². The molecule has 0 aliphatic heterocycles. The van der Waals surface area contributed by atoms with E-state index in [2.05, 4.69) is 15.5 Å². The van der Waals surface area contributed by atoms with Crippen LogP contribution in [0.2, 0.25) is 0 Å². The average molecular weight is 307 g/mol. The lowest BCUT2D eigenvalue weighted by Gasteiger charge is -2.01. The lowest BCUT2D eigenvalue weighted by Crippen LogP contribution is -2.17. The molecule has 0 aliphatic rings. The molecule has 1 amide bonds. The van der Waals surface area contributed by atoms with Gasteiger partial charge in [0.15, 0.2) is 0 Å². The summed E-state index contributed by atoms with van der Waals surface area (Å²) >= 11 is 1.96. The van der Waals surface area contributed by atoms with Crippen LogP contribution in [0.25, 0.3) is 0 Å². The maximum atomic E-state index is 11.2. The number of carbonyl (C=O) groups excluding carboxylic acids is 2. The monoisotopic (exact) mass is 307 g/mol. The Kier molecular flexibility index (Phi) is 3.69. The van der Waals surface area contributed by atoms with Gasteiger partial charge in [0.05, 0.1) is 5.56 Å². The number of halogens is 1. The molecule has 0 aromatic heterocycles. The molecular formula is C8H6INO4. The molecule has 1 aromatic carbocycles. The number of hydrogen-bond acceptors (Lipinski definition) is 4. The first-order chi connectivity index (χ1) is 6.61. The van der Waals surface area contributed by atoms with E-state index < -0.39 is 12.1 Å². The summed E-state index contributed by atoms with van der Waals surface area (Å²) in [6, 6.07) is 6.71. The summed E-state index contributed by atoms with van der Waals surface area (Å²) in [7, 11) is 0. The first kappa shape index (κ1) is 10.8. The second kappa shape index (κ2) is 4.80. The molecule has 0 bridgehead atoms. The SMILES string of the molecule is NC(=O)OOC(=O)c1ccccc1I. The fourth-order valence-electron chi connectivity index (χ4n) is 0.751. The number of amides is 1. The van der Waals surface area contributed by atoms with Crippen LogP contribution in [0.3, 0.4) is 0 Å². The van der Waals surface area contributed by atoms with Crippen molar-refractivity contribution in [2.24, 2.45) is 5.73 Å². The van der Waals surface area contributed by atoms with Gasteiger partial charge in [0.1, 0.15) is 0 Å². The van der Waals surface area contributed by atoms with E-state index in [9.17, 15) is 9.59 Å². The lowest BCUT2D eigenvalue weighted by molar-refractivity contribution is -0.180. The average Bonchev–Trinajstić information content (AvgIpc) is 2.15. The summed E-state index contributed by atoms with van der Waals surface area (Å²) in [4.78, 5) is 29.4. The van der Waals surface area contributed by atoms with E-state index >= 15 is 0 Å². The van der Waals surface area contributed by atoms with Crippen LogP contribution in [0.4, 0.5) is 4.79 Å². The molecule has 0 spiro atoms. The first-order valence-electron chi connectivity index (χ1n) is 3.54. The minimum absolute atomic E-state index is 0.314. The van der Waals surface area contributed by atoms with Gasteiger partial charge in [-0.1, -0.05) is 12.1 Å². The van der Waals surface area contributed by atoms with Gasteiger partial charge in [-0.15, -0.1) is 0 Å². The maximum Gasteiger partial charge on any atom is 0.447 e. The summed E-state index contributed by atoms with van der Waals surface area (Å²) in [5.41, 5.74) is 4.93. The van der Waals surface area contributed by atoms with Crippen molar-refractivity contribution in [3.8, 4) is 0 Å². The quantitative estimate of drug-likeness (QED) is 0.484. The largest absolute Gasteiger partial charge is 0.447 e. The van der Waals surface area contributed by atoms with Crippen molar-refractivity contribution >= 4 is 34.7 Å². The van der Waals surface area contributed by atoms with Gasteiger partial charge in [-0.05, 0) is 34.7 Å². The van der Waals surface area contributed by atoms with Gasteiger partial charge in [-0.3, -0.25) is 0 Å². The normalized spacial score (nSPS) is 9.21. The Balaban J connectivity index is 2.70. The number of carbonyl (C=O) groups is 2. The molecule has 5 nitrogen and oxygen atoms in total. The highest BCUT2D eigenvalue weighted by molar-refractivity contribution is 14.1. The third-order valence-electron chi connectivity index (χ3n) is 1.29. The summed E-state index contributed by atoms with van der Waals surface area (Å²) in [5.74, 6) is -0.756. The minimum Gasteiger partial charge on any atom is -0.332 e. The number of benzene rings is 1. The van der Waals surface area contributed by atoms with Crippen LogP contribution in [-0.4, -0.2) is 12.1 Å². The molecule has 1 rings (SSSR count). The van der Waals surface area contributed by atoms with Crippen molar-refractivity contribution in [2.45, 2.75) is 0 Å². The molecule has 0 fully saturated rings. The van der Waals surface area contributed by atoms with Crippen LogP contribution in [0.5, 0.6) is 0 Å². The highest BCUT2D eigenvalue weighted by Gasteiger charge is 2.12. The van der Waals surface area contributed by atoms with Crippen LogP contribution in [0, 0.1) is 3.57 Å². The van der Waals surface area contributed by atoms with Crippen LogP contribution in [0.15, 0.2) is 24.3 Å².